The van der Waals surface area contributed by atoms with Crippen molar-refractivity contribution in [3.63, 3.8) is 0 Å². The molecule has 1 heteroatoms. The highest BCUT2D eigenvalue weighted by atomic mass is 15.1. The SMILES string of the molecule is CCCCCCCCCCN(CC)c1ccccc1C. The lowest BCUT2D eigenvalue weighted by Gasteiger charge is -2.25. The molecule has 0 unspecified atom stereocenters. The quantitative estimate of drug-likeness (QED) is 0.450. The first-order chi connectivity index (χ1) is 9.79. The number of aryl methyl sites for hydroxylation is 1. The van der Waals surface area contributed by atoms with Crippen LogP contribution < -0.4 is 4.90 Å². The predicted octanol–water partition coefficient (Wildman–Crippen LogP) is 5.96. The lowest BCUT2D eigenvalue weighted by Crippen LogP contribution is -2.24. The van der Waals surface area contributed by atoms with Gasteiger partial charge < -0.3 is 4.90 Å². The second kappa shape index (κ2) is 10.8. The van der Waals surface area contributed by atoms with Crippen molar-refractivity contribution in [2.45, 2.75) is 72.1 Å². The van der Waals surface area contributed by atoms with Crippen LogP contribution in [-0.4, -0.2) is 13.1 Å². The molecule has 1 aromatic carbocycles. The Morgan fingerprint density at radius 2 is 1.40 bits per heavy atom. The summed E-state index contributed by atoms with van der Waals surface area (Å²) >= 11 is 0. The summed E-state index contributed by atoms with van der Waals surface area (Å²) in [5.74, 6) is 0. The van der Waals surface area contributed by atoms with E-state index < -0.39 is 0 Å². The maximum absolute atomic E-state index is 2.52. The lowest BCUT2D eigenvalue weighted by molar-refractivity contribution is 0.572. The van der Waals surface area contributed by atoms with Crippen LogP contribution in [0.1, 0.15) is 70.8 Å². The maximum atomic E-state index is 2.52. The van der Waals surface area contributed by atoms with Crippen molar-refractivity contribution in [1.82, 2.24) is 0 Å². The maximum Gasteiger partial charge on any atom is 0.0395 e. The Hall–Kier alpha value is -0.980. The molecule has 0 aromatic heterocycles. The summed E-state index contributed by atoms with van der Waals surface area (Å²) < 4.78 is 0. The van der Waals surface area contributed by atoms with E-state index in [4.69, 9.17) is 0 Å². The topological polar surface area (TPSA) is 3.24 Å². The van der Waals surface area contributed by atoms with Crippen LogP contribution in [0.4, 0.5) is 5.69 Å². The van der Waals surface area contributed by atoms with Crippen LogP contribution in [0.5, 0.6) is 0 Å². The normalized spacial score (nSPS) is 10.8. The minimum atomic E-state index is 1.11. The molecule has 0 heterocycles. The van der Waals surface area contributed by atoms with Gasteiger partial charge in [-0.25, -0.2) is 0 Å². The molecule has 114 valence electrons. The number of para-hydroxylation sites is 1. The smallest absolute Gasteiger partial charge is 0.0395 e. The summed E-state index contributed by atoms with van der Waals surface area (Å²) in [6.45, 7) is 9.07. The Kier molecular flexibility index (Phi) is 9.19. The molecule has 0 saturated carbocycles. The van der Waals surface area contributed by atoms with Gasteiger partial charge in [-0.3, -0.25) is 0 Å². The predicted molar refractivity (Wildman–Crippen MR) is 91.7 cm³/mol. The second-order valence-corrected chi connectivity index (χ2v) is 5.84. The van der Waals surface area contributed by atoms with E-state index in [1.54, 1.807) is 0 Å². The van der Waals surface area contributed by atoms with Crippen LogP contribution in [-0.2, 0) is 0 Å². The van der Waals surface area contributed by atoms with Crippen LogP contribution in [0, 0.1) is 6.92 Å². The zero-order chi connectivity index (χ0) is 14.6. The van der Waals surface area contributed by atoms with Crippen LogP contribution >= 0.6 is 0 Å². The molecule has 0 bridgehead atoms. The van der Waals surface area contributed by atoms with Gasteiger partial charge in [0.2, 0.25) is 0 Å². The second-order valence-electron chi connectivity index (χ2n) is 5.84. The van der Waals surface area contributed by atoms with Crippen molar-refractivity contribution in [3.8, 4) is 0 Å². The van der Waals surface area contributed by atoms with Crippen molar-refractivity contribution >= 4 is 5.69 Å². The summed E-state index contributed by atoms with van der Waals surface area (Å²) in [7, 11) is 0. The zero-order valence-electron chi connectivity index (χ0n) is 13.8. The third-order valence-electron chi connectivity index (χ3n) is 4.12. The van der Waals surface area contributed by atoms with Gasteiger partial charge in [0.1, 0.15) is 0 Å². The highest BCUT2D eigenvalue weighted by Crippen LogP contribution is 2.20. The molecule has 1 aromatic rings. The molecule has 1 nitrogen and oxygen atoms in total. The number of hydrogen-bond donors (Lipinski definition) is 0. The van der Waals surface area contributed by atoms with E-state index in [9.17, 15) is 0 Å². The molecule has 1 rings (SSSR count). The van der Waals surface area contributed by atoms with Crippen molar-refractivity contribution in [3.05, 3.63) is 29.8 Å². The monoisotopic (exact) mass is 275 g/mol. The summed E-state index contributed by atoms with van der Waals surface area (Å²) in [6, 6.07) is 8.75. The van der Waals surface area contributed by atoms with E-state index in [0.29, 0.717) is 0 Å². The van der Waals surface area contributed by atoms with Gasteiger partial charge in [0.05, 0.1) is 0 Å². The number of unbranched alkanes of at least 4 members (excludes halogenated alkanes) is 7. The van der Waals surface area contributed by atoms with Gasteiger partial charge in [0.15, 0.2) is 0 Å². The Morgan fingerprint density at radius 3 is 2.00 bits per heavy atom. The zero-order valence-corrected chi connectivity index (χ0v) is 13.8. The van der Waals surface area contributed by atoms with Gasteiger partial charge in [-0.1, -0.05) is 70.1 Å². The Morgan fingerprint density at radius 1 is 0.800 bits per heavy atom. The van der Waals surface area contributed by atoms with E-state index in [2.05, 4.69) is 49.9 Å². The molecule has 20 heavy (non-hydrogen) atoms. The van der Waals surface area contributed by atoms with E-state index in [1.165, 1.54) is 69.2 Å². The van der Waals surface area contributed by atoms with Crippen LogP contribution in [0.25, 0.3) is 0 Å². The molecule has 0 saturated heterocycles. The molecular weight excluding hydrogens is 242 g/mol. The van der Waals surface area contributed by atoms with Gasteiger partial charge in [0, 0.05) is 18.8 Å². The van der Waals surface area contributed by atoms with Gasteiger partial charge >= 0.3 is 0 Å². The molecule has 0 spiro atoms. The van der Waals surface area contributed by atoms with Crippen LogP contribution in [0.15, 0.2) is 24.3 Å². The standard InChI is InChI=1S/C19H33N/c1-4-6-7-8-9-10-11-14-17-20(5-2)19-16-13-12-15-18(19)3/h12-13,15-16H,4-11,14,17H2,1-3H3. The average Bonchev–Trinajstić information content (AvgIpc) is 2.47. The molecular formula is C19H33N. The Balaban J connectivity index is 2.18. The summed E-state index contributed by atoms with van der Waals surface area (Å²) in [5.41, 5.74) is 2.81. The van der Waals surface area contributed by atoms with Crippen LogP contribution in [0.2, 0.25) is 0 Å². The summed E-state index contributed by atoms with van der Waals surface area (Å²) in [4.78, 5) is 2.52. The minimum absolute atomic E-state index is 1.11. The first kappa shape index (κ1) is 17.1. The molecule has 0 aliphatic rings. The molecule has 0 N–H and O–H groups in total. The molecule has 0 amide bonds. The fourth-order valence-corrected chi connectivity index (χ4v) is 2.80. The highest BCUT2D eigenvalue weighted by molar-refractivity contribution is 5.52. The van der Waals surface area contributed by atoms with E-state index in [-0.39, 0.29) is 0 Å². The van der Waals surface area contributed by atoms with Gasteiger partial charge in [-0.15, -0.1) is 0 Å². The summed E-state index contributed by atoms with van der Waals surface area (Å²) in [6.07, 6.45) is 11.2. The van der Waals surface area contributed by atoms with Crippen molar-refractivity contribution in [2.24, 2.45) is 0 Å². The first-order valence-corrected chi connectivity index (χ1v) is 8.60. The number of nitrogens with zero attached hydrogens (tertiary/aromatic N) is 1. The van der Waals surface area contributed by atoms with Gasteiger partial charge in [-0.2, -0.15) is 0 Å². The number of anilines is 1. The minimum Gasteiger partial charge on any atom is -0.372 e. The molecule has 0 fully saturated rings. The number of hydrogen-bond acceptors (Lipinski definition) is 1. The van der Waals surface area contributed by atoms with Crippen molar-refractivity contribution < 1.29 is 0 Å². The number of rotatable bonds is 11. The third kappa shape index (κ3) is 6.45. The molecule has 0 radical (unpaired) electrons. The van der Waals surface area contributed by atoms with E-state index in [0.717, 1.165) is 6.54 Å². The Bertz CT molecular complexity index is 345. The largest absolute Gasteiger partial charge is 0.372 e. The number of benzene rings is 1. The molecule has 0 atom stereocenters. The molecule has 0 aliphatic heterocycles. The summed E-state index contributed by atoms with van der Waals surface area (Å²) in [5, 5.41) is 0. The first-order valence-electron chi connectivity index (χ1n) is 8.60. The third-order valence-corrected chi connectivity index (χ3v) is 4.12. The lowest BCUT2D eigenvalue weighted by atomic mass is 10.1. The fraction of sp³-hybridized carbons (Fsp3) is 0.684. The van der Waals surface area contributed by atoms with Gasteiger partial charge in [-0.05, 0) is 31.9 Å². The Labute approximate surface area is 126 Å². The molecule has 0 aliphatic carbocycles. The van der Waals surface area contributed by atoms with E-state index in [1.807, 2.05) is 0 Å². The van der Waals surface area contributed by atoms with Crippen molar-refractivity contribution in [2.75, 3.05) is 18.0 Å². The fourth-order valence-electron chi connectivity index (χ4n) is 2.80. The highest BCUT2D eigenvalue weighted by Gasteiger charge is 2.05. The van der Waals surface area contributed by atoms with E-state index >= 15 is 0 Å². The van der Waals surface area contributed by atoms with Crippen molar-refractivity contribution in [1.29, 1.82) is 0 Å². The van der Waals surface area contributed by atoms with Gasteiger partial charge in [0.25, 0.3) is 0 Å². The average molecular weight is 275 g/mol. The van der Waals surface area contributed by atoms with Crippen LogP contribution in [0.3, 0.4) is 0 Å².